The average Bonchev–Trinajstić information content (AvgIpc) is 2.54. The van der Waals surface area contributed by atoms with Gasteiger partial charge in [0.2, 0.25) is 5.91 Å². The summed E-state index contributed by atoms with van der Waals surface area (Å²) in [7, 11) is 0. The van der Waals surface area contributed by atoms with Gasteiger partial charge in [-0.05, 0) is 31.0 Å². The topological polar surface area (TPSA) is 89.7 Å². The number of hydrogen-bond donors (Lipinski definition) is 1. The third-order valence-corrected chi connectivity index (χ3v) is 4.29. The van der Waals surface area contributed by atoms with Crippen LogP contribution in [0.15, 0.2) is 18.2 Å². The Morgan fingerprint density at radius 1 is 1.22 bits per heavy atom. The molecule has 2 amide bonds. The van der Waals surface area contributed by atoms with Crippen LogP contribution in [0.2, 0.25) is 10.0 Å². The maximum Gasteiger partial charge on any atom is 0.340 e. The maximum atomic E-state index is 12.0. The van der Waals surface area contributed by atoms with Gasteiger partial charge in [-0.1, -0.05) is 23.2 Å². The molecule has 0 radical (unpaired) electrons. The van der Waals surface area contributed by atoms with Gasteiger partial charge in [0.1, 0.15) is 0 Å². The van der Waals surface area contributed by atoms with Crippen LogP contribution in [0.3, 0.4) is 0 Å². The lowest BCUT2D eigenvalue weighted by Crippen LogP contribution is -2.43. The number of primary amides is 1. The van der Waals surface area contributed by atoms with Crippen molar-refractivity contribution < 1.29 is 19.1 Å². The van der Waals surface area contributed by atoms with E-state index in [-0.39, 0.29) is 34.9 Å². The molecule has 1 aliphatic rings. The largest absolute Gasteiger partial charge is 0.452 e. The van der Waals surface area contributed by atoms with Gasteiger partial charge < -0.3 is 15.4 Å². The minimum Gasteiger partial charge on any atom is -0.452 e. The molecule has 0 atom stereocenters. The fourth-order valence-electron chi connectivity index (χ4n) is 2.36. The molecule has 23 heavy (non-hydrogen) atoms. The fraction of sp³-hybridized carbons (Fsp3) is 0.400. The predicted molar refractivity (Wildman–Crippen MR) is 85.2 cm³/mol. The Bertz CT molecular complexity index is 628. The smallest absolute Gasteiger partial charge is 0.340 e. The molecule has 0 saturated carbocycles. The number of benzene rings is 1. The first-order chi connectivity index (χ1) is 10.9. The predicted octanol–water partition coefficient (Wildman–Crippen LogP) is 1.87. The zero-order chi connectivity index (χ0) is 17.0. The van der Waals surface area contributed by atoms with E-state index in [4.69, 9.17) is 33.7 Å². The van der Waals surface area contributed by atoms with Crippen molar-refractivity contribution in [3.05, 3.63) is 33.8 Å². The number of piperidine rings is 1. The molecular formula is C15H16Cl2N2O4. The lowest BCUT2D eigenvalue weighted by molar-refractivity contribution is -0.137. The molecule has 1 saturated heterocycles. The Kier molecular flexibility index (Phi) is 5.85. The molecule has 1 aromatic carbocycles. The molecule has 0 bridgehead atoms. The summed E-state index contributed by atoms with van der Waals surface area (Å²) in [6.07, 6.45) is 1.05. The number of likely N-dealkylation sites (tertiary alicyclic amines) is 1. The van der Waals surface area contributed by atoms with Gasteiger partial charge in [-0.15, -0.1) is 0 Å². The first-order valence-electron chi connectivity index (χ1n) is 7.07. The zero-order valence-corrected chi connectivity index (χ0v) is 13.8. The molecule has 1 aliphatic heterocycles. The Labute approximate surface area is 143 Å². The molecule has 0 spiro atoms. The zero-order valence-electron chi connectivity index (χ0n) is 12.3. The van der Waals surface area contributed by atoms with E-state index < -0.39 is 5.97 Å². The third kappa shape index (κ3) is 4.59. The van der Waals surface area contributed by atoms with Crippen LogP contribution in [-0.4, -0.2) is 42.4 Å². The second kappa shape index (κ2) is 7.66. The first kappa shape index (κ1) is 17.6. The van der Waals surface area contributed by atoms with Gasteiger partial charge in [-0.3, -0.25) is 9.59 Å². The molecule has 1 heterocycles. The van der Waals surface area contributed by atoms with Crippen molar-refractivity contribution in [1.29, 1.82) is 0 Å². The lowest BCUT2D eigenvalue weighted by atomic mass is 9.96. The monoisotopic (exact) mass is 358 g/mol. The maximum absolute atomic E-state index is 12.0. The Morgan fingerprint density at radius 3 is 2.48 bits per heavy atom. The highest BCUT2D eigenvalue weighted by Crippen LogP contribution is 2.21. The quantitative estimate of drug-likeness (QED) is 0.832. The number of rotatable bonds is 4. The molecule has 1 aromatic rings. The highest BCUT2D eigenvalue weighted by Gasteiger charge is 2.26. The highest BCUT2D eigenvalue weighted by atomic mass is 35.5. The van der Waals surface area contributed by atoms with Gasteiger partial charge in [-0.2, -0.15) is 0 Å². The van der Waals surface area contributed by atoms with E-state index in [2.05, 4.69) is 0 Å². The van der Waals surface area contributed by atoms with E-state index in [1.165, 1.54) is 12.1 Å². The summed E-state index contributed by atoms with van der Waals surface area (Å²) in [4.78, 5) is 36.6. The lowest BCUT2D eigenvalue weighted by Gasteiger charge is -2.30. The van der Waals surface area contributed by atoms with E-state index in [1.54, 1.807) is 11.0 Å². The molecule has 0 unspecified atom stereocenters. The molecule has 8 heteroatoms. The van der Waals surface area contributed by atoms with E-state index in [1.807, 2.05) is 0 Å². The summed E-state index contributed by atoms with van der Waals surface area (Å²) in [6.45, 7) is 0.451. The van der Waals surface area contributed by atoms with E-state index in [9.17, 15) is 14.4 Å². The third-order valence-electron chi connectivity index (χ3n) is 3.73. The number of carbonyl (C=O) groups is 3. The Balaban J connectivity index is 1.86. The molecule has 0 aromatic heterocycles. The van der Waals surface area contributed by atoms with Crippen molar-refractivity contribution in [3.8, 4) is 0 Å². The number of nitrogens with zero attached hydrogens (tertiary/aromatic N) is 1. The van der Waals surface area contributed by atoms with Crippen LogP contribution in [0, 0.1) is 5.92 Å². The van der Waals surface area contributed by atoms with Crippen LogP contribution in [0.25, 0.3) is 0 Å². The summed E-state index contributed by atoms with van der Waals surface area (Å²) in [6, 6.07) is 4.42. The molecule has 6 nitrogen and oxygen atoms in total. The minimum atomic E-state index is -0.710. The van der Waals surface area contributed by atoms with Crippen molar-refractivity contribution in [2.24, 2.45) is 11.7 Å². The summed E-state index contributed by atoms with van der Waals surface area (Å²) in [5.74, 6) is -1.58. The number of halogens is 2. The fourth-order valence-corrected chi connectivity index (χ4v) is 2.73. The molecule has 124 valence electrons. The number of carbonyl (C=O) groups excluding carboxylic acids is 3. The second-order valence-corrected chi connectivity index (χ2v) is 6.10. The summed E-state index contributed by atoms with van der Waals surface area (Å²) >= 11 is 11.7. The van der Waals surface area contributed by atoms with Crippen LogP contribution in [-0.2, 0) is 14.3 Å². The second-order valence-electron chi connectivity index (χ2n) is 5.26. The van der Waals surface area contributed by atoms with Gasteiger partial charge in [0.05, 0.1) is 10.6 Å². The van der Waals surface area contributed by atoms with Crippen molar-refractivity contribution in [3.63, 3.8) is 0 Å². The minimum absolute atomic E-state index is 0.111. The number of esters is 1. The number of hydrogen-bond acceptors (Lipinski definition) is 4. The summed E-state index contributed by atoms with van der Waals surface area (Å²) in [5.41, 5.74) is 5.35. The SMILES string of the molecule is NC(=O)C1CCN(C(=O)COC(=O)c2cc(Cl)ccc2Cl)CC1. The van der Waals surface area contributed by atoms with Crippen LogP contribution in [0.4, 0.5) is 0 Å². The van der Waals surface area contributed by atoms with E-state index in [0.717, 1.165) is 0 Å². The normalized spacial score (nSPS) is 15.3. The average molecular weight is 359 g/mol. The summed E-state index contributed by atoms with van der Waals surface area (Å²) in [5, 5.41) is 0.551. The Hall–Kier alpha value is -1.79. The van der Waals surface area contributed by atoms with Gasteiger partial charge in [0.15, 0.2) is 6.61 Å². The van der Waals surface area contributed by atoms with Crippen LogP contribution in [0.1, 0.15) is 23.2 Å². The van der Waals surface area contributed by atoms with Crippen LogP contribution >= 0.6 is 23.2 Å². The van der Waals surface area contributed by atoms with Crippen LogP contribution in [0.5, 0.6) is 0 Å². The van der Waals surface area contributed by atoms with Crippen molar-refractivity contribution in [2.75, 3.05) is 19.7 Å². The van der Waals surface area contributed by atoms with Crippen molar-refractivity contribution in [2.45, 2.75) is 12.8 Å². The summed E-state index contributed by atoms with van der Waals surface area (Å²) < 4.78 is 4.99. The van der Waals surface area contributed by atoms with Crippen LogP contribution < -0.4 is 5.73 Å². The highest BCUT2D eigenvalue weighted by molar-refractivity contribution is 6.35. The van der Waals surface area contributed by atoms with Crippen molar-refractivity contribution in [1.82, 2.24) is 4.90 Å². The molecule has 2 N–H and O–H groups in total. The first-order valence-corrected chi connectivity index (χ1v) is 7.83. The molecule has 2 rings (SSSR count). The van der Waals surface area contributed by atoms with Gasteiger partial charge in [-0.25, -0.2) is 4.79 Å². The van der Waals surface area contributed by atoms with Gasteiger partial charge in [0, 0.05) is 24.0 Å². The standard InChI is InChI=1S/C15H16Cl2N2O4/c16-10-1-2-12(17)11(7-10)15(22)23-8-13(20)19-5-3-9(4-6-19)14(18)21/h1-2,7,9H,3-6,8H2,(H2,18,21). The molecule has 1 fully saturated rings. The van der Waals surface area contributed by atoms with E-state index in [0.29, 0.717) is 31.0 Å². The number of nitrogens with two attached hydrogens (primary N) is 1. The van der Waals surface area contributed by atoms with Gasteiger partial charge >= 0.3 is 5.97 Å². The molecular weight excluding hydrogens is 343 g/mol. The van der Waals surface area contributed by atoms with Gasteiger partial charge in [0.25, 0.3) is 5.91 Å². The van der Waals surface area contributed by atoms with E-state index >= 15 is 0 Å². The van der Waals surface area contributed by atoms with Crippen molar-refractivity contribution >= 4 is 41.0 Å². The molecule has 0 aliphatic carbocycles. The number of ether oxygens (including phenoxy) is 1. The number of amides is 2. The Morgan fingerprint density at radius 2 is 1.87 bits per heavy atom.